The van der Waals surface area contributed by atoms with Gasteiger partial charge in [0.2, 0.25) is 11.8 Å². The normalized spacial score (nSPS) is 14.2. The number of ether oxygens (including phenoxy) is 2. The number of nitrogens with one attached hydrogen (secondary N) is 1. The van der Waals surface area contributed by atoms with E-state index in [9.17, 15) is 26.8 Å². The minimum Gasteiger partial charge on any atom is -0.493 e. The van der Waals surface area contributed by atoms with E-state index in [1.54, 1.807) is 6.92 Å². The van der Waals surface area contributed by atoms with Crippen molar-refractivity contribution in [1.29, 1.82) is 0 Å². The Morgan fingerprint density at radius 2 is 1.49 bits per heavy atom. The van der Waals surface area contributed by atoms with E-state index in [1.807, 2.05) is 0 Å². The summed E-state index contributed by atoms with van der Waals surface area (Å²) >= 11 is 0. The van der Waals surface area contributed by atoms with E-state index >= 15 is 0 Å². The van der Waals surface area contributed by atoms with Crippen molar-refractivity contribution in [2.75, 3.05) is 25.1 Å². The molecule has 0 unspecified atom stereocenters. The summed E-state index contributed by atoms with van der Waals surface area (Å²) in [6.45, 7) is 0.785. The van der Waals surface area contributed by atoms with Crippen LogP contribution in [0, 0.1) is 11.6 Å². The number of carbonyl (C=O) groups is 2. The smallest absolute Gasteiger partial charge is 0.264 e. The van der Waals surface area contributed by atoms with Gasteiger partial charge in [-0.1, -0.05) is 25.0 Å². The van der Waals surface area contributed by atoms with Gasteiger partial charge in [-0.15, -0.1) is 0 Å². The monoisotopic (exact) mass is 615 g/mol. The van der Waals surface area contributed by atoms with E-state index in [0.717, 1.165) is 42.1 Å². The third-order valence-electron chi connectivity index (χ3n) is 7.47. The van der Waals surface area contributed by atoms with Gasteiger partial charge in [-0.25, -0.2) is 17.2 Å². The Kier molecular flexibility index (Phi) is 10.2. The molecule has 3 aromatic rings. The number of rotatable bonds is 12. The molecule has 0 bridgehead atoms. The fourth-order valence-electron chi connectivity index (χ4n) is 5.00. The van der Waals surface area contributed by atoms with E-state index in [0.29, 0.717) is 11.3 Å². The number of anilines is 1. The second kappa shape index (κ2) is 13.9. The number of methoxy groups -OCH3 is 2. The summed E-state index contributed by atoms with van der Waals surface area (Å²) in [5.41, 5.74) is 0.584. The zero-order valence-corrected chi connectivity index (χ0v) is 25.1. The van der Waals surface area contributed by atoms with E-state index in [1.165, 1.54) is 73.7 Å². The maximum absolute atomic E-state index is 14.0. The lowest BCUT2D eigenvalue weighted by Crippen LogP contribution is -2.52. The molecule has 1 N–H and O–H groups in total. The van der Waals surface area contributed by atoms with Crippen LogP contribution in [0.2, 0.25) is 0 Å². The van der Waals surface area contributed by atoms with Crippen LogP contribution in [0.3, 0.4) is 0 Å². The molecule has 0 aliphatic heterocycles. The highest BCUT2D eigenvalue weighted by atomic mass is 32.2. The van der Waals surface area contributed by atoms with Gasteiger partial charge < -0.3 is 19.7 Å². The summed E-state index contributed by atoms with van der Waals surface area (Å²) < 4.78 is 66.8. The summed E-state index contributed by atoms with van der Waals surface area (Å²) in [7, 11) is -1.64. The molecule has 0 aromatic heterocycles. The minimum absolute atomic E-state index is 0.00105. The second-order valence-electron chi connectivity index (χ2n) is 10.3. The maximum Gasteiger partial charge on any atom is 0.264 e. The van der Waals surface area contributed by atoms with Crippen molar-refractivity contribution in [3.05, 3.63) is 83.9 Å². The number of sulfonamides is 1. The number of carbonyl (C=O) groups excluding carboxylic acids is 2. The van der Waals surface area contributed by atoms with E-state index < -0.39 is 40.2 Å². The van der Waals surface area contributed by atoms with Crippen LogP contribution in [-0.4, -0.2) is 58.0 Å². The summed E-state index contributed by atoms with van der Waals surface area (Å²) in [5.74, 6) is -1.65. The third-order valence-corrected chi connectivity index (χ3v) is 9.24. The maximum atomic E-state index is 14.0. The molecule has 1 aliphatic rings. The zero-order valence-electron chi connectivity index (χ0n) is 24.3. The van der Waals surface area contributed by atoms with Gasteiger partial charge in [-0.05, 0) is 73.9 Å². The van der Waals surface area contributed by atoms with Crippen LogP contribution < -0.4 is 19.1 Å². The summed E-state index contributed by atoms with van der Waals surface area (Å²) in [6, 6.07) is 13.2. The Morgan fingerprint density at radius 3 is 2.07 bits per heavy atom. The van der Waals surface area contributed by atoms with Crippen LogP contribution >= 0.6 is 0 Å². The third kappa shape index (κ3) is 7.61. The van der Waals surface area contributed by atoms with Gasteiger partial charge in [0.1, 0.15) is 24.2 Å². The van der Waals surface area contributed by atoms with E-state index in [2.05, 4.69) is 5.32 Å². The molecule has 43 heavy (non-hydrogen) atoms. The van der Waals surface area contributed by atoms with Crippen LogP contribution in [0.1, 0.15) is 38.2 Å². The van der Waals surface area contributed by atoms with Gasteiger partial charge in [-0.3, -0.25) is 13.9 Å². The standard InChI is InChI=1S/C31H35F2N3O6S/c1-21(31(38)34-25-6-4-5-7-25)35(19-22-8-10-23(32)11-9-22)30(37)20-36(26-14-12-24(33)13-15-26)43(39,40)27-16-17-28(41-2)29(18-27)42-3/h8-18,21,25H,4-7,19-20H2,1-3H3,(H,34,38)/t21-/m1/s1. The summed E-state index contributed by atoms with van der Waals surface area (Å²) in [5, 5.41) is 2.99. The first-order valence-electron chi connectivity index (χ1n) is 13.9. The van der Waals surface area contributed by atoms with Crippen molar-refractivity contribution < 1.29 is 36.3 Å². The number of amides is 2. The lowest BCUT2D eigenvalue weighted by molar-refractivity contribution is -0.139. The Morgan fingerprint density at radius 1 is 0.907 bits per heavy atom. The molecule has 3 aromatic carbocycles. The van der Waals surface area contributed by atoms with Gasteiger partial charge in [0.05, 0.1) is 24.8 Å². The first-order chi connectivity index (χ1) is 20.5. The topological polar surface area (TPSA) is 105 Å². The first kappa shape index (κ1) is 31.7. The molecule has 1 aliphatic carbocycles. The van der Waals surface area contributed by atoms with Crippen molar-refractivity contribution in [3.63, 3.8) is 0 Å². The van der Waals surface area contributed by atoms with Crippen LogP contribution in [0.25, 0.3) is 0 Å². The Bertz CT molecular complexity index is 1530. The van der Waals surface area contributed by atoms with Crippen LogP contribution in [0.15, 0.2) is 71.6 Å². The fraction of sp³-hybridized carbons (Fsp3) is 0.355. The number of halogens is 2. The Labute approximate surface area is 250 Å². The van der Waals surface area contributed by atoms with Gasteiger partial charge in [-0.2, -0.15) is 0 Å². The highest BCUT2D eigenvalue weighted by Crippen LogP contribution is 2.32. The van der Waals surface area contributed by atoms with Crippen LogP contribution in [0.5, 0.6) is 11.5 Å². The molecule has 12 heteroatoms. The molecule has 0 radical (unpaired) electrons. The van der Waals surface area contributed by atoms with Gasteiger partial charge >= 0.3 is 0 Å². The Balaban J connectivity index is 1.71. The average molecular weight is 616 g/mol. The largest absolute Gasteiger partial charge is 0.493 e. The van der Waals surface area contributed by atoms with Crippen molar-refractivity contribution in [2.24, 2.45) is 0 Å². The minimum atomic E-state index is -4.42. The molecule has 4 rings (SSSR count). The van der Waals surface area contributed by atoms with Crippen LogP contribution in [-0.2, 0) is 26.2 Å². The zero-order chi connectivity index (χ0) is 31.1. The molecular formula is C31H35F2N3O6S. The molecule has 0 heterocycles. The molecule has 1 atom stereocenters. The van der Waals surface area contributed by atoms with E-state index in [4.69, 9.17) is 9.47 Å². The van der Waals surface area contributed by atoms with Crippen molar-refractivity contribution in [1.82, 2.24) is 10.2 Å². The first-order valence-corrected chi connectivity index (χ1v) is 15.3. The molecule has 0 saturated heterocycles. The lowest BCUT2D eigenvalue weighted by atomic mass is 10.1. The average Bonchev–Trinajstić information content (AvgIpc) is 3.52. The SMILES string of the molecule is COc1ccc(S(=O)(=O)N(CC(=O)N(Cc2ccc(F)cc2)[C@H](C)C(=O)NC2CCCC2)c2ccc(F)cc2)cc1OC. The molecule has 2 amide bonds. The van der Waals surface area contributed by atoms with Gasteiger partial charge in [0.15, 0.2) is 11.5 Å². The summed E-state index contributed by atoms with van der Waals surface area (Å²) in [4.78, 5) is 28.3. The predicted molar refractivity (Wildman–Crippen MR) is 157 cm³/mol. The fourth-order valence-corrected chi connectivity index (χ4v) is 6.43. The second-order valence-corrected chi connectivity index (χ2v) is 12.2. The quantitative estimate of drug-likeness (QED) is 0.318. The molecule has 230 valence electrons. The lowest BCUT2D eigenvalue weighted by Gasteiger charge is -2.32. The molecule has 1 fully saturated rings. The number of benzene rings is 3. The highest BCUT2D eigenvalue weighted by molar-refractivity contribution is 7.92. The Hall–Kier alpha value is -4.19. The van der Waals surface area contributed by atoms with Gasteiger partial charge in [0, 0.05) is 18.7 Å². The van der Waals surface area contributed by atoms with Crippen molar-refractivity contribution in [3.8, 4) is 11.5 Å². The predicted octanol–water partition coefficient (Wildman–Crippen LogP) is 4.65. The molecule has 0 spiro atoms. The highest BCUT2D eigenvalue weighted by Gasteiger charge is 2.34. The van der Waals surface area contributed by atoms with Crippen molar-refractivity contribution in [2.45, 2.75) is 56.1 Å². The number of hydrogen-bond donors (Lipinski definition) is 1. The molecule has 9 nitrogen and oxygen atoms in total. The molecular weight excluding hydrogens is 580 g/mol. The van der Waals surface area contributed by atoms with Crippen LogP contribution in [0.4, 0.5) is 14.5 Å². The van der Waals surface area contributed by atoms with E-state index in [-0.39, 0.29) is 34.8 Å². The molecule has 1 saturated carbocycles. The van der Waals surface area contributed by atoms with Crippen molar-refractivity contribution >= 4 is 27.5 Å². The summed E-state index contributed by atoms with van der Waals surface area (Å²) in [6.07, 6.45) is 3.68. The number of hydrogen-bond acceptors (Lipinski definition) is 6. The van der Waals surface area contributed by atoms with Gasteiger partial charge in [0.25, 0.3) is 10.0 Å². The number of nitrogens with zero attached hydrogens (tertiary/aromatic N) is 2.